The van der Waals surface area contributed by atoms with Gasteiger partial charge in [0.1, 0.15) is 0 Å². The summed E-state index contributed by atoms with van der Waals surface area (Å²) in [4.78, 5) is 12.9. The Labute approximate surface area is 107 Å². The Bertz CT molecular complexity index is 599. The molecule has 2 rings (SSSR count). The zero-order valence-corrected chi connectivity index (χ0v) is 10.6. The second-order valence-electron chi connectivity index (χ2n) is 3.36. The van der Waals surface area contributed by atoms with Crippen LogP contribution in [0.1, 0.15) is 5.76 Å². The van der Waals surface area contributed by atoms with Crippen molar-refractivity contribution in [2.24, 2.45) is 7.05 Å². The van der Waals surface area contributed by atoms with Crippen LogP contribution in [0.4, 0.5) is 0 Å². The molecule has 0 aromatic carbocycles. The van der Waals surface area contributed by atoms with E-state index in [4.69, 9.17) is 33.6 Å². The predicted molar refractivity (Wildman–Crippen MR) is 64.6 cm³/mol. The minimum atomic E-state index is -0.403. The molecule has 0 spiro atoms. The molecule has 8 heteroatoms. The normalized spacial score (nSPS) is 18.0. The molecule has 0 aliphatic carbocycles. The summed E-state index contributed by atoms with van der Waals surface area (Å²) in [5, 5.41) is 9.69. The van der Waals surface area contributed by atoms with Crippen molar-refractivity contribution in [1.29, 1.82) is 0 Å². The van der Waals surface area contributed by atoms with Crippen molar-refractivity contribution < 1.29 is 19.1 Å². The number of carbonyl (C=O) groups is 1. The molecule has 0 radical (unpaired) electrons. The lowest BCUT2D eigenvalue weighted by atomic mass is 10.3. The van der Waals surface area contributed by atoms with E-state index in [9.17, 15) is 9.90 Å². The van der Waals surface area contributed by atoms with E-state index >= 15 is 0 Å². The van der Waals surface area contributed by atoms with Gasteiger partial charge in [0.25, 0.3) is 15.9 Å². The smallest absolute Gasteiger partial charge is 0.296 e. The quantitative estimate of drug-likeness (QED) is 0.611. The van der Waals surface area contributed by atoms with Crippen molar-refractivity contribution in [1.82, 2.24) is 9.47 Å². The summed E-state index contributed by atoms with van der Waals surface area (Å²) in [5.41, 5.74) is 0. The number of aromatic nitrogens is 1. The Morgan fingerprint density at radius 3 is 2.41 bits per heavy atom. The lowest BCUT2D eigenvalue weighted by molar-refractivity contribution is -0.122. The Hall–Kier alpha value is -1.67. The number of hydrogen-bond donors (Lipinski definition) is 1. The number of aromatic hydroxyl groups is 1. The van der Waals surface area contributed by atoms with Crippen LogP contribution in [-0.4, -0.2) is 32.7 Å². The van der Waals surface area contributed by atoms with Crippen molar-refractivity contribution in [2.45, 2.75) is 0 Å². The number of oxazole rings is 1. The van der Waals surface area contributed by atoms with Crippen molar-refractivity contribution in [3.05, 3.63) is 16.4 Å². The maximum atomic E-state index is 11.6. The van der Waals surface area contributed by atoms with Crippen LogP contribution in [0.25, 0.3) is 6.08 Å². The summed E-state index contributed by atoms with van der Waals surface area (Å²) in [7, 11) is 3.03. The molecule has 1 aliphatic rings. The molecule has 90 valence electrons. The van der Waals surface area contributed by atoms with Gasteiger partial charge in [-0.2, -0.15) is 0 Å². The van der Waals surface area contributed by atoms with Crippen molar-refractivity contribution in [2.75, 3.05) is 7.05 Å². The molecule has 0 bridgehead atoms. The van der Waals surface area contributed by atoms with Gasteiger partial charge in [-0.1, -0.05) is 0 Å². The number of nitrogens with zero attached hydrogens (tertiary/aromatic N) is 2. The summed E-state index contributed by atoms with van der Waals surface area (Å²) in [5.74, 6) is -0.546. The average molecular weight is 272 g/mol. The molecule has 1 fully saturated rings. The number of likely N-dealkylation sites (N-methyl/N-ethyl adjacent to an activating group) is 1. The van der Waals surface area contributed by atoms with Crippen LogP contribution < -0.4 is 0 Å². The molecule has 2 heterocycles. The number of rotatable bonds is 1. The highest BCUT2D eigenvalue weighted by Crippen LogP contribution is 2.24. The van der Waals surface area contributed by atoms with Gasteiger partial charge in [-0.05, 0) is 24.4 Å². The van der Waals surface area contributed by atoms with E-state index < -0.39 is 5.91 Å². The monoisotopic (exact) mass is 272 g/mol. The SMILES string of the molecule is CN1C(=O)C(=Cc2oc(=S)n(C)c2O)OC1=S. The van der Waals surface area contributed by atoms with E-state index in [2.05, 4.69) is 0 Å². The van der Waals surface area contributed by atoms with Gasteiger partial charge in [-0.3, -0.25) is 14.3 Å². The number of ether oxygens (including phenoxy) is 1. The van der Waals surface area contributed by atoms with Gasteiger partial charge in [0, 0.05) is 20.2 Å². The fraction of sp³-hybridized carbons (Fsp3) is 0.222. The van der Waals surface area contributed by atoms with Gasteiger partial charge in [0.2, 0.25) is 5.88 Å². The first-order valence-electron chi connectivity index (χ1n) is 4.52. The van der Waals surface area contributed by atoms with E-state index in [0.29, 0.717) is 0 Å². The lowest BCUT2D eigenvalue weighted by Gasteiger charge is -1.99. The third-order valence-corrected chi connectivity index (χ3v) is 2.97. The van der Waals surface area contributed by atoms with E-state index in [-0.39, 0.29) is 27.4 Å². The first-order valence-corrected chi connectivity index (χ1v) is 5.34. The van der Waals surface area contributed by atoms with Gasteiger partial charge in [0.15, 0.2) is 11.5 Å². The summed E-state index contributed by atoms with van der Waals surface area (Å²) >= 11 is 9.62. The van der Waals surface area contributed by atoms with Crippen LogP contribution in [0.15, 0.2) is 10.2 Å². The van der Waals surface area contributed by atoms with Crippen molar-refractivity contribution in [3.63, 3.8) is 0 Å². The summed E-state index contributed by atoms with van der Waals surface area (Å²) in [6, 6.07) is 0. The minimum Gasteiger partial charge on any atom is -0.492 e. The number of hydrogen-bond acceptors (Lipinski definition) is 6. The Balaban J connectivity index is 2.44. The Kier molecular flexibility index (Phi) is 2.76. The van der Waals surface area contributed by atoms with Gasteiger partial charge < -0.3 is 14.3 Å². The predicted octanol–water partition coefficient (Wildman–Crippen LogP) is 1.17. The molecule has 0 saturated carbocycles. The second-order valence-corrected chi connectivity index (χ2v) is 4.05. The minimum absolute atomic E-state index is 0.0165. The van der Waals surface area contributed by atoms with Crippen molar-refractivity contribution >= 4 is 41.6 Å². The summed E-state index contributed by atoms with van der Waals surface area (Å²) < 4.78 is 11.4. The lowest BCUT2D eigenvalue weighted by Crippen LogP contribution is -2.22. The zero-order chi connectivity index (χ0) is 12.7. The Morgan fingerprint density at radius 1 is 1.35 bits per heavy atom. The van der Waals surface area contributed by atoms with Gasteiger partial charge in [-0.25, -0.2) is 0 Å². The maximum Gasteiger partial charge on any atom is 0.296 e. The van der Waals surface area contributed by atoms with Gasteiger partial charge >= 0.3 is 0 Å². The Morgan fingerprint density at radius 2 is 2.00 bits per heavy atom. The first kappa shape index (κ1) is 11.8. The number of amides is 1. The maximum absolute atomic E-state index is 11.6. The second kappa shape index (κ2) is 3.97. The standard InChI is InChI=1S/C9H8N2O4S2/c1-10-6(12)4(14-8(10)16)3-5-7(13)11(2)9(17)15-5/h3,12H,1-2H3. The molecule has 17 heavy (non-hydrogen) atoms. The van der Waals surface area contributed by atoms with E-state index in [1.807, 2.05) is 0 Å². The van der Waals surface area contributed by atoms with E-state index in [0.717, 1.165) is 0 Å². The molecule has 6 nitrogen and oxygen atoms in total. The van der Waals surface area contributed by atoms with Crippen LogP contribution in [0, 0.1) is 4.84 Å². The topological polar surface area (TPSA) is 67.8 Å². The van der Waals surface area contributed by atoms with Crippen LogP contribution >= 0.6 is 24.4 Å². The molecule has 1 aromatic heterocycles. The highest BCUT2D eigenvalue weighted by molar-refractivity contribution is 7.80. The first-order chi connectivity index (χ1) is 7.91. The van der Waals surface area contributed by atoms with E-state index in [1.54, 1.807) is 0 Å². The highest BCUT2D eigenvalue weighted by Gasteiger charge is 2.31. The zero-order valence-electron chi connectivity index (χ0n) is 8.96. The third kappa shape index (κ3) is 1.85. The molecule has 1 amide bonds. The molecule has 1 aliphatic heterocycles. The van der Waals surface area contributed by atoms with Crippen LogP contribution in [0.2, 0.25) is 0 Å². The third-order valence-electron chi connectivity index (χ3n) is 2.26. The summed E-state index contributed by atoms with van der Waals surface area (Å²) in [6.07, 6.45) is 1.25. The number of carbonyl (C=O) groups excluding carboxylic acids is 1. The molecule has 0 atom stereocenters. The molecule has 1 N–H and O–H groups in total. The molecule has 1 aromatic rings. The molecule has 1 saturated heterocycles. The van der Waals surface area contributed by atoms with Gasteiger partial charge in [-0.15, -0.1) is 0 Å². The van der Waals surface area contributed by atoms with Crippen molar-refractivity contribution in [3.8, 4) is 5.88 Å². The average Bonchev–Trinajstić information content (AvgIpc) is 2.66. The molecule has 0 unspecified atom stereocenters. The highest BCUT2D eigenvalue weighted by atomic mass is 32.1. The van der Waals surface area contributed by atoms with E-state index in [1.165, 1.54) is 29.6 Å². The summed E-state index contributed by atoms with van der Waals surface area (Å²) in [6.45, 7) is 0. The number of thiocarbonyl (C=S) groups is 1. The van der Waals surface area contributed by atoms with Gasteiger partial charge in [0.05, 0.1) is 0 Å². The van der Waals surface area contributed by atoms with Crippen LogP contribution in [0.5, 0.6) is 5.88 Å². The van der Waals surface area contributed by atoms with Crippen LogP contribution in [0.3, 0.4) is 0 Å². The fourth-order valence-electron chi connectivity index (χ4n) is 1.22. The van der Waals surface area contributed by atoms with Crippen LogP contribution in [-0.2, 0) is 16.6 Å². The fourth-order valence-corrected chi connectivity index (χ4v) is 1.57. The largest absolute Gasteiger partial charge is 0.492 e. The molecular weight excluding hydrogens is 264 g/mol. The molecular formula is C9H8N2O4S2.